The van der Waals surface area contributed by atoms with Crippen molar-refractivity contribution in [3.63, 3.8) is 0 Å². The zero-order chi connectivity index (χ0) is 18.6. The Morgan fingerprint density at radius 1 is 0.875 bits per heavy atom. The quantitative estimate of drug-likeness (QED) is 0.492. The van der Waals surface area contributed by atoms with Crippen LogP contribution in [0.15, 0.2) is 0 Å². The summed E-state index contributed by atoms with van der Waals surface area (Å²) in [7, 11) is -2.95. The zero-order valence-corrected chi connectivity index (χ0v) is 17.3. The van der Waals surface area contributed by atoms with Crippen molar-refractivity contribution in [2.75, 3.05) is 12.3 Å². The van der Waals surface area contributed by atoms with Gasteiger partial charge in [-0.05, 0) is 39.5 Å². The standard InChI is InChI=1S/C19H39NO3S/c1-17(2)16-18(21)20-14-12-10-8-6-7-9-11-13-15-24(22,23)19(3,4)5/h17H,6-16H2,1-5H3,(H,20,21). The Morgan fingerprint density at radius 2 is 1.33 bits per heavy atom. The van der Waals surface area contributed by atoms with Crippen LogP contribution in [0.2, 0.25) is 0 Å². The molecule has 0 fully saturated rings. The molecule has 0 rings (SSSR count). The fraction of sp³-hybridized carbons (Fsp3) is 0.947. The van der Waals surface area contributed by atoms with Crippen LogP contribution in [0.1, 0.15) is 92.4 Å². The third-order valence-electron chi connectivity index (χ3n) is 4.19. The topological polar surface area (TPSA) is 63.2 Å². The third kappa shape index (κ3) is 11.9. The van der Waals surface area contributed by atoms with Gasteiger partial charge in [0, 0.05) is 13.0 Å². The van der Waals surface area contributed by atoms with Crippen LogP contribution in [0.25, 0.3) is 0 Å². The van der Waals surface area contributed by atoms with Gasteiger partial charge >= 0.3 is 0 Å². The summed E-state index contributed by atoms with van der Waals surface area (Å²) in [6.45, 7) is 10.2. The molecule has 0 aliphatic rings. The fourth-order valence-electron chi connectivity index (χ4n) is 2.45. The fourth-order valence-corrected chi connectivity index (χ4v) is 3.65. The van der Waals surface area contributed by atoms with Gasteiger partial charge < -0.3 is 5.32 Å². The van der Waals surface area contributed by atoms with Crippen molar-refractivity contribution >= 4 is 15.7 Å². The Bertz CT molecular complexity index is 436. The van der Waals surface area contributed by atoms with E-state index in [1.807, 2.05) is 0 Å². The lowest BCUT2D eigenvalue weighted by atomic mass is 10.1. The number of carbonyl (C=O) groups is 1. The maximum Gasteiger partial charge on any atom is 0.220 e. The maximum atomic E-state index is 12.0. The summed E-state index contributed by atoms with van der Waals surface area (Å²) in [5, 5.41) is 2.96. The number of unbranched alkanes of at least 4 members (excludes halogenated alkanes) is 7. The van der Waals surface area contributed by atoms with E-state index in [1.54, 1.807) is 20.8 Å². The predicted octanol–water partition coefficient (Wildman–Crippen LogP) is 4.48. The number of hydrogen-bond acceptors (Lipinski definition) is 3. The number of rotatable bonds is 13. The minimum Gasteiger partial charge on any atom is -0.356 e. The minimum atomic E-state index is -2.95. The lowest BCUT2D eigenvalue weighted by molar-refractivity contribution is -0.121. The molecule has 0 unspecified atom stereocenters. The summed E-state index contributed by atoms with van der Waals surface area (Å²) < 4.78 is 23.3. The predicted molar refractivity (Wildman–Crippen MR) is 103 cm³/mol. The van der Waals surface area contributed by atoms with Gasteiger partial charge in [0.2, 0.25) is 5.91 Å². The monoisotopic (exact) mass is 361 g/mol. The SMILES string of the molecule is CC(C)CC(=O)NCCCCCCCCCCS(=O)(=O)C(C)(C)C. The Labute approximate surface area is 150 Å². The molecule has 1 amide bonds. The summed E-state index contributed by atoms with van der Waals surface area (Å²) >= 11 is 0. The van der Waals surface area contributed by atoms with Gasteiger partial charge in [0.15, 0.2) is 9.84 Å². The molecule has 0 aromatic heterocycles. The maximum absolute atomic E-state index is 12.0. The summed E-state index contributed by atoms with van der Waals surface area (Å²) in [6, 6.07) is 0. The minimum absolute atomic E-state index is 0.162. The Kier molecular flexibility index (Phi) is 11.6. The second-order valence-electron chi connectivity index (χ2n) is 8.21. The lowest BCUT2D eigenvalue weighted by Gasteiger charge is -2.18. The van der Waals surface area contributed by atoms with Crippen LogP contribution in [-0.4, -0.2) is 31.4 Å². The highest BCUT2D eigenvalue weighted by Gasteiger charge is 2.27. The summed E-state index contributed by atoms with van der Waals surface area (Å²) in [4.78, 5) is 11.5. The largest absolute Gasteiger partial charge is 0.356 e. The molecule has 0 heterocycles. The molecule has 0 aliphatic carbocycles. The van der Waals surface area contributed by atoms with Gasteiger partial charge in [-0.1, -0.05) is 52.4 Å². The van der Waals surface area contributed by atoms with E-state index >= 15 is 0 Å². The number of amides is 1. The van der Waals surface area contributed by atoms with Crippen LogP contribution in [-0.2, 0) is 14.6 Å². The van der Waals surface area contributed by atoms with E-state index in [4.69, 9.17) is 0 Å². The van der Waals surface area contributed by atoms with Crippen LogP contribution in [0.4, 0.5) is 0 Å². The molecular weight excluding hydrogens is 322 g/mol. The smallest absolute Gasteiger partial charge is 0.220 e. The van der Waals surface area contributed by atoms with Crippen molar-refractivity contribution in [2.45, 2.75) is 97.2 Å². The van der Waals surface area contributed by atoms with E-state index in [0.29, 0.717) is 18.1 Å². The first kappa shape index (κ1) is 23.4. The van der Waals surface area contributed by atoms with E-state index in [2.05, 4.69) is 19.2 Å². The third-order valence-corrected chi connectivity index (χ3v) is 6.88. The average molecular weight is 362 g/mol. The summed E-state index contributed by atoms with van der Waals surface area (Å²) in [5.74, 6) is 0.894. The van der Waals surface area contributed by atoms with E-state index in [-0.39, 0.29) is 5.91 Å². The summed E-state index contributed by atoms with van der Waals surface area (Å²) in [5.41, 5.74) is 0. The Hall–Kier alpha value is -0.580. The normalized spacial score (nSPS) is 12.6. The van der Waals surface area contributed by atoms with Crippen LogP contribution < -0.4 is 5.32 Å². The van der Waals surface area contributed by atoms with Gasteiger partial charge in [0.1, 0.15) is 0 Å². The van der Waals surface area contributed by atoms with Crippen LogP contribution in [0.3, 0.4) is 0 Å². The van der Waals surface area contributed by atoms with Gasteiger partial charge in [0.25, 0.3) is 0 Å². The van der Waals surface area contributed by atoms with Gasteiger partial charge in [0.05, 0.1) is 10.5 Å². The van der Waals surface area contributed by atoms with E-state index < -0.39 is 14.6 Å². The Balaban J connectivity index is 3.42. The number of nitrogens with one attached hydrogen (secondary N) is 1. The van der Waals surface area contributed by atoms with Gasteiger partial charge in [-0.2, -0.15) is 0 Å². The molecule has 0 aromatic rings. The molecule has 0 atom stereocenters. The summed E-state index contributed by atoms with van der Waals surface area (Å²) in [6.07, 6.45) is 9.29. The Morgan fingerprint density at radius 3 is 1.79 bits per heavy atom. The first-order valence-corrected chi connectivity index (χ1v) is 11.2. The number of carbonyl (C=O) groups excluding carboxylic acids is 1. The zero-order valence-electron chi connectivity index (χ0n) is 16.5. The first-order valence-electron chi connectivity index (χ1n) is 9.55. The molecule has 0 radical (unpaired) electrons. The average Bonchev–Trinajstić information content (AvgIpc) is 2.42. The highest BCUT2D eigenvalue weighted by molar-refractivity contribution is 7.92. The van der Waals surface area contributed by atoms with Gasteiger partial charge in [-0.15, -0.1) is 0 Å². The molecule has 0 saturated carbocycles. The van der Waals surface area contributed by atoms with Crippen molar-refractivity contribution in [3.05, 3.63) is 0 Å². The molecule has 24 heavy (non-hydrogen) atoms. The van der Waals surface area contributed by atoms with Gasteiger partial charge in [-0.25, -0.2) is 8.42 Å². The second kappa shape index (κ2) is 11.9. The second-order valence-corrected chi connectivity index (χ2v) is 11.1. The van der Waals surface area contributed by atoms with Crippen molar-refractivity contribution in [1.82, 2.24) is 5.32 Å². The molecule has 0 saturated heterocycles. The molecule has 0 spiro atoms. The van der Waals surface area contributed by atoms with E-state index in [1.165, 1.54) is 19.3 Å². The van der Waals surface area contributed by atoms with Crippen molar-refractivity contribution < 1.29 is 13.2 Å². The number of sulfone groups is 1. The van der Waals surface area contributed by atoms with Crippen molar-refractivity contribution in [1.29, 1.82) is 0 Å². The molecule has 4 nitrogen and oxygen atoms in total. The van der Waals surface area contributed by atoms with Gasteiger partial charge in [-0.3, -0.25) is 4.79 Å². The molecule has 1 N–H and O–H groups in total. The molecular formula is C19H39NO3S. The highest BCUT2D eigenvalue weighted by Crippen LogP contribution is 2.18. The lowest BCUT2D eigenvalue weighted by Crippen LogP contribution is -2.30. The number of hydrogen-bond donors (Lipinski definition) is 1. The van der Waals surface area contributed by atoms with E-state index in [9.17, 15) is 13.2 Å². The van der Waals surface area contributed by atoms with E-state index in [0.717, 1.165) is 38.6 Å². The van der Waals surface area contributed by atoms with Crippen molar-refractivity contribution in [3.8, 4) is 0 Å². The first-order chi connectivity index (χ1) is 11.1. The highest BCUT2D eigenvalue weighted by atomic mass is 32.2. The van der Waals surface area contributed by atoms with Crippen LogP contribution >= 0.6 is 0 Å². The molecule has 144 valence electrons. The molecule has 5 heteroatoms. The molecule has 0 aliphatic heterocycles. The van der Waals surface area contributed by atoms with Crippen molar-refractivity contribution in [2.24, 2.45) is 5.92 Å². The van der Waals surface area contributed by atoms with Crippen LogP contribution in [0, 0.1) is 5.92 Å². The van der Waals surface area contributed by atoms with Crippen LogP contribution in [0.5, 0.6) is 0 Å². The molecule has 0 aromatic carbocycles. The molecule has 0 bridgehead atoms.